The minimum Gasteiger partial charge on any atom is -0.384 e. The third-order valence-electron chi connectivity index (χ3n) is 2.71. The lowest BCUT2D eigenvalue weighted by molar-refractivity contribution is 0.102. The van der Waals surface area contributed by atoms with E-state index >= 15 is 0 Å². The van der Waals surface area contributed by atoms with Gasteiger partial charge in [-0.05, 0) is 38.1 Å². The lowest BCUT2D eigenvalue weighted by Crippen LogP contribution is -2.11. The number of anilines is 1. The minimum atomic E-state index is -0.194. The second-order valence-electron chi connectivity index (χ2n) is 4.15. The highest BCUT2D eigenvalue weighted by Gasteiger charge is 2.09. The summed E-state index contributed by atoms with van der Waals surface area (Å²) in [7, 11) is 0. The Morgan fingerprint density at radius 2 is 2.05 bits per heavy atom. The summed E-state index contributed by atoms with van der Waals surface area (Å²) in [4.78, 5) is 17.4. The van der Waals surface area contributed by atoms with Crippen LogP contribution in [0.2, 0.25) is 0 Å². The van der Waals surface area contributed by atoms with Gasteiger partial charge in [-0.2, -0.15) is 0 Å². The number of aliphatic hydroxyl groups is 1. The topological polar surface area (TPSA) is 62.2 Å². The van der Waals surface area contributed by atoms with Gasteiger partial charge in [-0.25, -0.2) is 4.98 Å². The molecule has 0 radical (unpaired) electrons. The van der Waals surface area contributed by atoms with Gasteiger partial charge in [0, 0.05) is 16.0 Å². The van der Waals surface area contributed by atoms with E-state index in [0.29, 0.717) is 10.7 Å². The summed E-state index contributed by atoms with van der Waals surface area (Å²) < 4.78 is 0. The zero-order valence-electron chi connectivity index (χ0n) is 11.2. The normalized spacial score (nSPS) is 9.75. The average Bonchev–Trinajstić information content (AvgIpc) is 2.75. The number of aromatic nitrogens is 1. The van der Waals surface area contributed by atoms with Gasteiger partial charge in [-0.15, -0.1) is 11.3 Å². The first-order valence-electron chi connectivity index (χ1n) is 6.05. The Kier molecular flexibility index (Phi) is 4.51. The molecule has 2 N–H and O–H groups in total. The van der Waals surface area contributed by atoms with E-state index in [1.54, 1.807) is 24.3 Å². The average molecular weight is 286 g/mol. The van der Waals surface area contributed by atoms with Gasteiger partial charge in [0.05, 0.1) is 5.69 Å². The van der Waals surface area contributed by atoms with E-state index in [1.165, 1.54) is 11.3 Å². The van der Waals surface area contributed by atoms with Crippen LogP contribution in [0.1, 0.15) is 26.5 Å². The number of thiazole rings is 1. The molecule has 1 amide bonds. The van der Waals surface area contributed by atoms with Gasteiger partial charge in [-0.1, -0.05) is 11.8 Å². The van der Waals surface area contributed by atoms with Crippen LogP contribution in [0.5, 0.6) is 0 Å². The summed E-state index contributed by atoms with van der Waals surface area (Å²) in [5, 5.41) is 12.0. The van der Waals surface area contributed by atoms with Crippen molar-refractivity contribution in [2.45, 2.75) is 13.8 Å². The molecular weight excluding hydrogens is 272 g/mol. The maximum absolute atomic E-state index is 12.0. The number of amides is 1. The Bertz CT molecular complexity index is 659. The Balaban J connectivity index is 2.09. The molecule has 1 heterocycles. The molecule has 0 bridgehead atoms. The highest BCUT2D eigenvalue weighted by Crippen LogP contribution is 2.21. The van der Waals surface area contributed by atoms with Crippen LogP contribution >= 0.6 is 11.3 Å². The van der Waals surface area contributed by atoms with E-state index in [0.717, 1.165) is 16.1 Å². The number of aliphatic hydroxyl groups excluding tert-OH is 1. The van der Waals surface area contributed by atoms with E-state index < -0.39 is 0 Å². The van der Waals surface area contributed by atoms with Crippen molar-refractivity contribution in [3.8, 4) is 11.8 Å². The molecule has 1 aromatic carbocycles. The minimum absolute atomic E-state index is 0.176. The lowest BCUT2D eigenvalue weighted by atomic mass is 10.1. The number of hydrogen-bond donors (Lipinski definition) is 2. The first-order valence-corrected chi connectivity index (χ1v) is 6.87. The summed E-state index contributed by atoms with van der Waals surface area (Å²) in [6.07, 6.45) is 0. The smallest absolute Gasteiger partial charge is 0.257 e. The standard InChI is InChI=1S/C15H14N2O2S/c1-10-11(2)20-15(16-10)17-14(19)13-7-5-12(6-8-13)4-3-9-18/h5-8,18H,9H2,1-2H3,(H,16,17,19). The summed E-state index contributed by atoms with van der Waals surface area (Å²) >= 11 is 1.46. The number of benzene rings is 1. The maximum Gasteiger partial charge on any atom is 0.257 e. The number of nitrogens with zero attached hydrogens (tertiary/aromatic N) is 1. The van der Waals surface area contributed by atoms with Crippen molar-refractivity contribution in [1.82, 2.24) is 4.98 Å². The zero-order valence-corrected chi connectivity index (χ0v) is 12.0. The molecule has 20 heavy (non-hydrogen) atoms. The quantitative estimate of drug-likeness (QED) is 0.833. The fourth-order valence-corrected chi connectivity index (χ4v) is 2.35. The van der Waals surface area contributed by atoms with Crippen molar-refractivity contribution < 1.29 is 9.90 Å². The predicted molar refractivity (Wildman–Crippen MR) is 79.9 cm³/mol. The van der Waals surface area contributed by atoms with Crippen LogP contribution in [-0.4, -0.2) is 22.6 Å². The van der Waals surface area contributed by atoms with Crippen LogP contribution < -0.4 is 5.32 Å². The largest absolute Gasteiger partial charge is 0.384 e. The third kappa shape index (κ3) is 3.44. The maximum atomic E-state index is 12.0. The Labute approximate surface area is 121 Å². The molecule has 0 aliphatic heterocycles. The molecule has 1 aromatic heterocycles. The third-order valence-corrected chi connectivity index (χ3v) is 3.70. The van der Waals surface area contributed by atoms with Gasteiger partial charge < -0.3 is 5.11 Å². The fourth-order valence-electron chi connectivity index (χ4n) is 1.54. The first kappa shape index (κ1) is 14.3. The molecule has 0 unspecified atom stereocenters. The molecule has 5 heteroatoms. The van der Waals surface area contributed by atoms with Gasteiger partial charge in [-0.3, -0.25) is 10.1 Å². The SMILES string of the molecule is Cc1nc(NC(=O)c2ccc(C#CCO)cc2)sc1C. The monoisotopic (exact) mass is 286 g/mol. The van der Waals surface area contributed by atoms with Gasteiger partial charge in [0.15, 0.2) is 5.13 Å². The van der Waals surface area contributed by atoms with Crippen molar-refractivity contribution in [2.24, 2.45) is 0 Å². The van der Waals surface area contributed by atoms with E-state index in [2.05, 4.69) is 22.1 Å². The molecule has 0 saturated carbocycles. The van der Waals surface area contributed by atoms with Gasteiger partial charge >= 0.3 is 0 Å². The van der Waals surface area contributed by atoms with Crippen LogP contribution in [0.15, 0.2) is 24.3 Å². The summed E-state index contributed by atoms with van der Waals surface area (Å²) in [6.45, 7) is 3.71. The summed E-state index contributed by atoms with van der Waals surface area (Å²) in [6, 6.07) is 6.89. The van der Waals surface area contributed by atoms with Crippen molar-refractivity contribution in [3.05, 3.63) is 46.0 Å². The van der Waals surface area contributed by atoms with Crippen LogP contribution in [0.3, 0.4) is 0 Å². The van der Waals surface area contributed by atoms with E-state index in [4.69, 9.17) is 5.11 Å². The first-order chi connectivity index (χ1) is 9.60. The molecule has 0 saturated heterocycles. The molecule has 102 valence electrons. The number of nitrogens with one attached hydrogen (secondary N) is 1. The lowest BCUT2D eigenvalue weighted by Gasteiger charge is -2.01. The Morgan fingerprint density at radius 1 is 1.35 bits per heavy atom. The highest BCUT2D eigenvalue weighted by molar-refractivity contribution is 7.15. The van der Waals surface area contributed by atoms with Crippen molar-refractivity contribution in [1.29, 1.82) is 0 Å². The Hall–Kier alpha value is -2.16. The van der Waals surface area contributed by atoms with Crippen molar-refractivity contribution in [3.63, 3.8) is 0 Å². The van der Waals surface area contributed by atoms with E-state index in [1.807, 2.05) is 13.8 Å². The van der Waals surface area contributed by atoms with Gasteiger partial charge in [0.1, 0.15) is 6.61 Å². The molecule has 4 nitrogen and oxygen atoms in total. The molecule has 0 fully saturated rings. The van der Waals surface area contributed by atoms with E-state index in [9.17, 15) is 4.79 Å². The van der Waals surface area contributed by atoms with Crippen LogP contribution in [0.4, 0.5) is 5.13 Å². The second kappa shape index (κ2) is 6.33. The number of carbonyl (C=O) groups is 1. The van der Waals surface area contributed by atoms with Crippen molar-refractivity contribution in [2.75, 3.05) is 11.9 Å². The number of carbonyl (C=O) groups excluding carboxylic acids is 1. The van der Waals surface area contributed by atoms with E-state index in [-0.39, 0.29) is 12.5 Å². The molecule has 0 spiro atoms. The van der Waals surface area contributed by atoms with Crippen molar-refractivity contribution >= 4 is 22.4 Å². The predicted octanol–water partition coefficient (Wildman–Crippen LogP) is 2.36. The molecule has 2 rings (SSSR count). The van der Waals surface area contributed by atoms with Crippen LogP contribution in [0, 0.1) is 25.7 Å². The van der Waals surface area contributed by atoms with Crippen LogP contribution in [0.25, 0.3) is 0 Å². The number of aryl methyl sites for hydroxylation is 2. The van der Waals surface area contributed by atoms with Gasteiger partial charge in [0.25, 0.3) is 5.91 Å². The fraction of sp³-hybridized carbons (Fsp3) is 0.200. The second-order valence-corrected chi connectivity index (χ2v) is 5.36. The molecular formula is C15H14N2O2S. The number of rotatable bonds is 2. The zero-order chi connectivity index (χ0) is 14.5. The van der Waals surface area contributed by atoms with Gasteiger partial charge in [0.2, 0.25) is 0 Å². The summed E-state index contributed by atoms with van der Waals surface area (Å²) in [5.41, 5.74) is 2.24. The summed E-state index contributed by atoms with van der Waals surface area (Å²) in [5.74, 6) is 5.14. The Morgan fingerprint density at radius 3 is 2.60 bits per heavy atom. The molecule has 0 aliphatic rings. The highest BCUT2D eigenvalue weighted by atomic mass is 32.1. The number of hydrogen-bond acceptors (Lipinski definition) is 4. The molecule has 0 aliphatic carbocycles. The van der Waals surface area contributed by atoms with Crippen LogP contribution in [-0.2, 0) is 0 Å². The molecule has 0 atom stereocenters. The molecule has 2 aromatic rings.